The van der Waals surface area contributed by atoms with E-state index in [0.29, 0.717) is 29.5 Å². The molecule has 0 atom stereocenters. The number of carbonyl (C=O) groups is 1. The predicted octanol–water partition coefficient (Wildman–Crippen LogP) is 4.98. The van der Waals surface area contributed by atoms with Crippen LogP contribution in [0.2, 0.25) is 0 Å². The standard InChI is InChI=1S/C23H18FN3O2S/c1-2-11-29-21-6-4-3-5-17(21)13-18(14-25)22(28)27-23-26-15-20(30-23)12-16-7-9-19(24)10-8-16/h2-10,13,15H,1,11-12H2,(H,26,27,28)/b18-13-. The summed E-state index contributed by atoms with van der Waals surface area (Å²) in [6.45, 7) is 3.92. The summed E-state index contributed by atoms with van der Waals surface area (Å²) >= 11 is 1.30. The topological polar surface area (TPSA) is 75.0 Å². The minimum absolute atomic E-state index is 0.0695. The van der Waals surface area contributed by atoms with Gasteiger partial charge in [0.15, 0.2) is 5.13 Å². The van der Waals surface area contributed by atoms with Crippen LogP contribution in [0.5, 0.6) is 5.75 Å². The summed E-state index contributed by atoms with van der Waals surface area (Å²) in [6.07, 6.45) is 5.31. The molecule has 3 rings (SSSR count). The minimum atomic E-state index is -0.557. The molecule has 0 bridgehead atoms. The van der Waals surface area contributed by atoms with Gasteiger partial charge in [0, 0.05) is 23.1 Å². The summed E-state index contributed by atoms with van der Waals surface area (Å²) in [5.41, 5.74) is 1.48. The Bertz CT molecular complexity index is 1110. The molecular formula is C23H18FN3O2S. The number of thiazole rings is 1. The lowest BCUT2D eigenvalue weighted by atomic mass is 10.1. The van der Waals surface area contributed by atoms with Gasteiger partial charge in [0.05, 0.1) is 0 Å². The molecule has 0 aliphatic rings. The van der Waals surface area contributed by atoms with E-state index >= 15 is 0 Å². The maximum atomic E-state index is 13.0. The molecule has 1 amide bonds. The average Bonchev–Trinajstić information content (AvgIpc) is 3.19. The molecule has 0 spiro atoms. The highest BCUT2D eigenvalue weighted by atomic mass is 32.1. The average molecular weight is 419 g/mol. The van der Waals surface area contributed by atoms with Crippen LogP contribution in [0.1, 0.15) is 16.0 Å². The van der Waals surface area contributed by atoms with Crippen molar-refractivity contribution in [3.05, 3.63) is 94.8 Å². The number of amides is 1. The van der Waals surface area contributed by atoms with Crippen LogP contribution in [0, 0.1) is 17.1 Å². The molecule has 0 aliphatic carbocycles. The minimum Gasteiger partial charge on any atom is -0.489 e. The summed E-state index contributed by atoms with van der Waals surface area (Å²) in [4.78, 5) is 17.6. The molecule has 0 unspecified atom stereocenters. The Labute approximate surface area is 177 Å². The van der Waals surface area contributed by atoms with E-state index in [1.54, 1.807) is 48.7 Å². The molecule has 150 valence electrons. The van der Waals surface area contributed by atoms with Gasteiger partial charge in [-0.3, -0.25) is 10.1 Å². The second-order valence-electron chi connectivity index (χ2n) is 6.20. The molecule has 0 saturated carbocycles. The van der Waals surface area contributed by atoms with Gasteiger partial charge in [-0.25, -0.2) is 9.37 Å². The molecule has 7 heteroatoms. The summed E-state index contributed by atoms with van der Waals surface area (Å²) in [7, 11) is 0. The largest absolute Gasteiger partial charge is 0.489 e. The highest BCUT2D eigenvalue weighted by molar-refractivity contribution is 7.15. The van der Waals surface area contributed by atoms with Gasteiger partial charge in [-0.05, 0) is 29.8 Å². The molecule has 1 N–H and O–H groups in total. The van der Waals surface area contributed by atoms with Crippen LogP contribution in [-0.2, 0) is 11.2 Å². The number of hydrogen-bond donors (Lipinski definition) is 1. The molecule has 2 aromatic carbocycles. The second kappa shape index (κ2) is 10.1. The van der Waals surface area contributed by atoms with E-state index in [0.717, 1.165) is 10.4 Å². The molecular weight excluding hydrogens is 401 g/mol. The molecule has 0 aliphatic heterocycles. The number of nitriles is 1. The third-order valence-electron chi connectivity index (χ3n) is 4.01. The number of halogens is 1. The van der Waals surface area contributed by atoms with Crippen molar-refractivity contribution in [1.82, 2.24) is 4.98 Å². The van der Waals surface area contributed by atoms with Crippen molar-refractivity contribution in [3.63, 3.8) is 0 Å². The lowest BCUT2D eigenvalue weighted by molar-refractivity contribution is -0.112. The van der Waals surface area contributed by atoms with Gasteiger partial charge < -0.3 is 4.74 Å². The molecule has 0 fully saturated rings. The van der Waals surface area contributed by atoms with Crippen LogP contribution < -0.4 is 10.1 Å². The van der Waals surface area contributed by atoms with Crippen molar-refractivity contribution in [1.29, 1.82) is 5.26 Å². The van der Waals surface area contributed by atoms with Crippen molar-refractivity contribution in [2.75, 3.05) is 11.9 Å². The van der Waals surface area contributed by atoms with Crippen molar-refractivity contribution < 1.29 is 13.9 Å². The number of hydrogen-bond acceptors (Lipinski definition) is 5. The molecule has 30 heavy (non-hydrogen) atoms. The van der Waals surface area contributed by atoms with Crippen molar-refractivity contribution in [3.8, 4) is 11.8 Å². The number of aromatic nitrogens is 1. The van der Waals surface area contributed by atoms with E-state index in [1.165, 1.54) is 29.5 Å². The maximum absolute atomic E-state index is 13.0. The van der Waals surface area contributed by atoms with Crippen LogP contribution in [0.15, 0.2) is 73.0 Å². The van der Waals surface area contributed by atoms with Crippen LogP contribution in [0.25, 0.3) is 6.08 Å². The maximum Gasteiger partial charge on any atom is 0.268 e. The number of benzene rings is 2. The van der Waals surface area contributed by atoms with E-state index < -0.39 is 5.91 Å². The normalized spacial score (nSPS) is 10.9. The molecule has 0 saturated heterocycles. The Hall–Kier alpha value is -3.76. The zero-order valence-electron chi connectivity index (χ0n) is 16.0. The number of carbonyl (C=O) groups excluding carboxylic acids is 1. The van der Waals surface area contributed by atoms with Gasteiger partial charge >= 0.3 is 0 Å². The third-order valence-corrected chi connectivity index (χ3v) is 4.92. The first-order valence-corrected chi connectivity index (χ1v) is 9.85. The Kier molecular flexibility index (Phi) is 7.09. The summed E-state index contributed by atoms with van der Waals surface area (Å²) < 4.78 is 18.6. The summed E-state index contributed by atoms with van der Waals surface area (Å²) in [5, 5.41) is 12.5. The van der Waals surface area contributed by atoms with Crippen molar-refractivity contribution in [2.24, 2.45) is 0 Å². The molecule has 1 heterocycles. The predicted molar refractivity (Wildman–Crippen MR) is 116 cm³/mol. The lowest BCUT2D eigenvalue weighted by Gasteiger charge is -2.07. The van der Waals surface area contributed by atoms with E-state index in [4.69, 9.17) is 4.74 Å². The Morgan fingerprint density at radius 3 is 2.77 bits per heavy atom. The van der Waals surface area contributed by atoms with Gasteiger partial charge in [0.1, 0.15) is 29.8 Å². The third kappa shape index (κ3) is 5.63. The second-order valence-corrected chi connectivity index (χ2v) is 7.31. The van der Waals surface area contributed by atoms with E-state index in [-0.39, 0.29) is 11.4 Å². The first kappa shape index (κ1) is 21.0. The number of nitrogens with one attached hydrogen (secondary N) is 1. The van der Waals surface area contributed by atoms with Crippen LogP contribution in [-0.4, -0.2) is 17.5 Å². The fourth-order valence-electron chi connectivity index (χ4n) is 2.60. The number of rotatable bonds is 8. The Morgan fingerprint density at radius 1 is 1.27 bits per heavy atom. The number of nitrogens with zero attached hydrogens (tertiary/aromatic N) is 2. The van der Waals surface area contributed by atoms with E-state index in [9.17, 15) is 14.4 Å². The summed E-state index contributed by atoms with van der Waals surface area (Å²) in [6, 6.07) is 15.2. The van der Waals surface area contributed by atoms with Gasteiger partial charge in [0.25, 0.3) is 5.91 Å². The van der Waals surface area contributed by atoms with Crippen molar-refractivity contribution in [2.45, 2.75) is 6.42 Å². The van der Waals surface area contributed by atoms with E-state index in [2.05, 4.69) is 16.9 Å². The highest BCUT2D eigenvalue weighted by Gasteiger charge is 2.13. The zero-order chi connectivity index (χ0) is 21.3. The Morgan fingerprint density at radius 2 is 2.03 bits per heavy atom. The van der Waals surface area contributed by atoms with Crippen molar-refractivity contribution >= 4 is 28.5 Å². The highest BCUT2D eigenvalue weighted by Crippen LogP contribution is 2.24. The fraction of sp³-hybridized carbons (Fsp3) is 0.0870. The Balaban J connectivity index is 1.71. The first-order valence-electron chi connectivity index (χ1n) is 9.04. The van der Waals surface area contributed by atoms with Gasteiger partial charge in [0.2, 0.25) is 0 Å². The SMILES string of the molecule is C=CCOc1ccccc1/C=C(/C#N)C(=O)Nc1ncc(Cc2ccc(F)cc2)s1. The molecule has 3 aromatic rings. The lowest BCUT2D eigenvalue weighted by Crippen LogP contribution is -2.13. The van der Waals surface area contributed by atoms with Crippen LogP contribution >= 0.6 is 11.3 Å². The zero-order valence-corrected chi connectivity index (χ0v) is 16.8. The van der Waals surface area contributed by atoms with Gasteiger partial charge in [-0.1, -0.05) is 43.0 Å². The molecule has 5 nitrogen and oxygen atoms in total. The molecule has 0 radical (unpaired) electrons. The quantitative estimate of drug-likeness (QED) is 0.317. The van der Waals surface area contributed by atoms with Gasteiger partial charge in [-0.15, -0.1) is 11.3 Å². The van der Waals surface area contributed by atoms with Crippen LogP contribution in [0.3, 0.4) is 0 Å². The first-order chi connectivity index (χ1) is 14.6. The van der Waals surface area contributed by atoms with Gasteiger partial charge in [-0.2, -0.15) is 5.26 Å². The fourth-order valence-corrected chi connectivity index (χ4v) is 3.44. The van der Waals surface area contributed by atoms with E-state index in [1.807, 2.05) is 6.07 Å². The number of para-hydroxylation sites is 1. The molecule has 1 aromatic heterocycles. The summed E-state index contributed by atoms with van der Waals surface area (Å²) in [5.74, 6) is -0.296. The number of ether oxygens (including phenoxy) is 1. The monoisotopic (exact) mass is 419 g/mol. The van der Waals surface area contributed by atoms with Crippen LogP contribution in [0.4, 0.5) is 9.52 Å². The number of anilines is 1. The smallest absolute Gasteiger partial charge is 0.268 e.